The molecule has 0 saturated carbocycles. The SMILES string of the molecule is Cc1cc(-c2cccc3c2[nH]c2oc4ccccc4c23)c2c(c1)-n1c3sc4ccccc4c3c3cccc(c31)[B]2. The van der Waals surface area contributed by atoms with Crippen molar-refractivity contribution in [2.45, 2.75) is 6.92 Å². The van der Waals surface area contributed by atoms with E-state index in [1.807, 2.05) is 23.5 Å². The van der Waals surface area contributed by atoms with Gasteiger partial charge in [-0.05, 0) is 41.7 Å². The van der Waals surface area contributed by atoms with Gasteiger partial charge in [0, 0.05) is 48.4 Å². The molecule has 1 radical (unpaired) electrons. The molecule has 0 unspecified atom stereocenters. The molecule has 10 rings (SSSR count). The minimum atomic E-state index is 0.832. The highest BCUT2D eigenvalue weighted by molar-refractivity contribution is 7.25. The Labute approximate surface area is 233 Å². The van der Waals surface area contributed by atoms with E-state index in [9.17, 15) is 0 Å². The molecule has 5 heterocycles. The van der Waals surface area contributed by atoms with Crippen LogP contribution in [-0.4, -0.2) is 16.8 Å². The largest absolute Gasteiger partial charge is 0.440 e. The van der Waals surface area contributed by atoms with E-state index in [0.717, 1.165) is 27.6 Å². The molecule has 9 aromatic rings. The molecule has 0 atom stereocenters. The van der Waals surface area contributed by atoms with Crippen LogP contribution in [0.4, 0.5) is 0 Å². The van der Waals surface area contributed by atoms with Crippen LogP contribution in [0.1, 0.15) is 5.56 Å². The topological polar surface area (TPSA) is 33.9 Å². The summed E-state index contributed by atoms with van der Waals surface area (Å²) in [6, 6.07) is 35.1. The molecule has 4 aromatic heterocycles. The van der Waals surface area contributed by atoms with Crippen LogP contribution < -0.4 is 10.9 Å². The van der Waals surface area contributed by atoms with Crippen molar-refractivity contribution in [2.75, 3.05) is 0 Å². The molecule has 0 bridgehead atoms. The van der Waals surface area contributed by atoms with Gasteiger partial charge >= 0.3 is 0 Å². The van der Waals surface area contributed by atoms with Crippen LogP contribution in [0.2, 0.25) is 0 Å². The lowest BCUT2D eigenvalue weighted by Gasteiger charge is -2.24. The number of rotatable bonds is 1. The molecule has 1 aliphatic heterocycles. The van der Waals surface area contributed by atoms with Gasteiger partial charge in [0.2, 0.25) is 5.71 Å². The number of fused-ring (bicyclic) bond motifs is 12. The first-order valence-corrected chi connectivity index (χ1v) is 14.4. The number of furan rings is 1. The Morgan fingerprint density at radius 2 is 1.55 bits per heavy atom. The van der Waals surface area contributed by atoms with Crippen molar-refractivity contribution in [1.29, 1.82) is 0 Å². The van der Waals surface area contributed by atoms with Crippen LogP contribution in [0.15, 0.2) is 101 Å². The molecule has 5 heteroatoms. The molecule has 0 aliphatic carbocycles. The van der Waals surface area contributed by atoms with Crippen LogP contribution in [-0.2, 0) is 0 Å². The van der Waals surface area contributed by atoms with Gasteiger partial charge in [0.05, 0.1) is 10.9 Å². The minimum Gasteiger partial charge on any atom is -0.440 e. The predicted molar refractivity (Wildman–Crippen MR) is 170 cm³/mol. The monoisotopic (exact) mass is 527 g/mol. The van der Waals surface area contributed by atoms with E-state index in [1.165, 1.54) is 69.9 Å². The summed E-state index contributed by atoms with van der Waals surface area (Å²) in [5, 5.41) is 7.52. The molecule has 1 N–H and O–H groups in total. The first-order valence-electron chi connectivity index (χ1n) is 13.6. The molecular formula is C35H20BN2OS. The summed E-state index contributed by atoms with van der Waals surface area (Å²) in [6.45, 7) is 2.21. The lowest BCUT2D eigenvalue weighted by molar-refractivity contribution is 0.657. The summed E-state index contributed by atoms with van der Waals surface area (Å²) in [5.41, 5.74) is 11.6. The van der Waals surface area contributed by atoms with Crippen molar-refractivity contribution >= 4 is 93.7 Å². The van der Waals surface area contributed by atoms with E-state index in [4.69, 9.17) is 4.42 Å². The second-order valence-electron chi connectivity index (χ2n) is 10.9. The third-order valence-electron chi connectivity index (χ3n) is 8.64. The number of aryl methyl sites for hydroxylation is 1. The highest BCUT2D eigenvalue weighted by Gasteiger charge is 2.28. The molecule has 1 aliphatic rings. The minimum absolute atomic E-state index is 0.832. The smallest absolute Gasteiger partial charge is 0.206 e. The third kappa shape index (κ3) is 2.52. The Morgan fingerprint density at radius 3 is 2.50 bits per heavy atom. The number of nitrogens with one attached hydrogen (secondary N) is 1. The summed E-state index contributed by atoms with van der Waals surface area (Å²) in [7, 11) is 2.39. The van der Waals surface area contributed by atoms with Gasteiger partial charge in [0.25, 0.3) is 0 Å². The van der Waals surface area contributed by atoms with E-state index in [-0.39, 0.29) is 0 Å². The quantitative estimate of drug-likeness (QED) is 0.214. The average Bonchev–Trinajstić information content (AvgIpc) is 3.71. The second kappa shape index (κ2) is 7.26. The number of nitrogens with zero attached hydrogens (tertiary/aromatic N) is 1. The van der Waals surface area contributed by atoms with Gasteiger partial charge in [0.1, 0.15) is 10.4 Å². The van der Waals surface area contributed by atoms with E-state index < -0.39 is 0 Å². The van der Waals surface area contributed by atoms with Gasteiger partial charge in [-0.15, -0.1) is 11.3 Å². The van der Waals surface area contributed by atoms with Gasteiger partial charge < -0.3 is 14.0 Å². The summed E-state index contributed by atoms with van der Waals surface area (Å²) >= 11 is 1.89. The third-order valence-corrected chi connectivity index (χ3v) is 9.80. The fourth-order valence-corrected chi connectivity index (χ4v) is 8.28. The molecule has 5 aromatic carbocycles. The molecule has 0 spiro atoms. The fraction of sp³-hybridized carbons (Fsp3) is 0.0286. The normalized spacial score (nSPS) is 12.8. The highest BCUT2D eigenvalue weighted by Crippen LogP contribution is 2.43. The first kappa shape index (κ1) is 21.1. The number of benzene rings is 5. The van der Waals surface area contributed by atoms with Gasteiger partial charge in [-0.25, -0.2) is 0 Å². The maximum Gasteiger partial charge on any atom is 0.206 e. The lowest BCUT2D eigenvalue weighted by atomic mass is 9.59. The number of thiophene rings is 1. The number of hydrogen-bond acceptors (Lipinski definition) is 2. The van der Waals surface area contributed by atoms with Crippen LogP contribution in [0.5, 0.6) is 0 Å². The molecule has 0 amide bonds. The lowest BCUT2D eigenvalue weighted by Crippen LogP contribution is -2.37. The van der Waals surface area contributed by atoms with Gasteiger partial charge in [-0.1, -0.05) is 84.3 Å². The number of aromatic amines is 1. The van der Waals surface area contributed by atoms with Crippen LogP contribution >= 0.6 is 11.3 Å². The van der Waals surface area contributed by atoms with Crippen LogP contribution in [0, 0.1) is 6.92 Å². The number of aromatic nitrogens is 2. The van der Waals surface area contributed by atoms with E-state index in [1.54, 1.807) is 0 Å². The average molecular weight is 527 g/mol. The van der Waals surface area contributed by atoms with Crippen molar-refractivity contribution in [3.05, 3.63) is 103 Å². The molecular weight excluding hydrogens is 507 g/mol. The number of hydrogen-bond donors (Lipinski definition) is 1. The Bertz CT molecular complexity index is 2540. The number of H-pyrrole nitrogens is 1. The second-order valence-corrected chi connectivity index (χ2v) is 11.9. The van der Waals surface area contributed by atoms with E-state index in [0.29, 0.717) is 0 Å². The predicted octanol–water partition coefficient (Wildman–Crippen LogP) is 8.32. The van der Waals surface area contributed by atoms with Crippen molar-refractivity contribution in [1.82, 2.24) is 9.55 Å². The maximum absolute atomic E-state index is 6.25. The van der Waals surface area contributed by atoms with Gasteiger partial charge in [0.15, 0.2) is 7.28 Å². The molecule has 185 valence electrons. The van der Waals surface area contributed by atoms with E-state index >= 15 is 0 Å². The fourth-order valence-electron chi connectivity index (χ4n) is 7.04. The van der Waals surface area contributed by atoms with Crippen molar-refractivity contribution in [3.63, 3.8) is 0 Å². The summed E-state index contributed by atoms with van der Waals surface area (Å²) in [6.07, 6.45) is 0. The Morgan fingerprint density at radius 1 is 0.750 bits per heavy atom. The zero-order valence-corrected chi connectivity index (χ0v) is 22.4. The van der Waals surface area contributed by atoms with Crippen LogP contribution in [0.3, 0.4) is 0 Å². The molecule has 3 nitrogen and oxygen atoms in total. The van der Waals surface area contributed by atoms with Crippen LogP contribution in [0.25, 0.3) is 81.0 Å². The van der Waals surface area contributed by atoms with Crippen molar-refractivity contribution in [3.8, 4) is 16.8 Å². The zero-order valence-electron chi connectivity index (χ0n) is 21.6. The summed E-state index contributed by atoms with van der Waals surface area (Å²) in [5.74, 6) is 0. The number of para-hydroxylation sites is 3. The molecule has 0 fully saturated rings. The van der Waals surface area contributed by atoms with E-state index in [2.05, 4.69) is 109 Å². The highest BCUT2D eigenvalue weighted by atomic mass is 32.1. The Balaban J connectivity index is 1.32. The maximum atomic E-state index is 6.25. The van der Waals surface area contributed by atoms with Gasteiger partial charge in [-0.3, -0.25) is 0 Å². The van der Waals surface area contributed by atoms with Crippen molar-refractivity contribution in [2.24, 2.45) is 0 Å². The Hall–Kier alpha value is -4.74. The molecule has 0 saturated heterocycles. The molecule has 40 heavy (non-hydrogen) atoms. The summed E-state index contributed by atoms with van der Waals surface area (Å²) in [4.78, 5) is 4.97. The first-order chi connectivity index (χ1) is 19.7. The zero-order chi connectivity index (χ0) is 26.1. The van der Waals surface area contributed by atoms with Crippen molar-refractivity contribution < 1.29 is 4.42 Å². The Kier molecular flexibility index (Phi) is 3.84. The standard InChI is InChI=1S/C35H20BN2OS/c1-18-16-24(19-10-6-11-22-29-20-8-2-4-14-27(20)39-34(29)37-32(19)22)31-26(17-18)38-33-23(12-7-13-25(33)36-31)30-21-9-3-5-15-28(21)40-35(30)38/h2-17,37H,1H3. The van der Waals surface area contributed by atoms with Gasteiger partial charge in [-0.2, -0.15) is 0 Å². The summed E-state index contributed by atoms with van der Waals surface area (Å²) < 4.78 is 10.1.